The summed E-state index contributed by atoms with van der Waals surface area (Å²) in [4.78, 5) is 21.6. The van der Waals surface area contributed by atoms with Crippen molar-refractivity contribution in [1.29, 1.82) is 0 Å². The van der Waals surface area contributed by atoms with Gasteiger partial charge in [0.25, 0.3) is 5.91 Å². The first-order valence-corrected chi connectivity index (χ1v) is 3.81. The van der Waals surface area contributed by atoms with Gasteiger partial charge in [0.2, 0.25) is 5.91 Å². The highest BCUT2D eigenvalue weighted by Gasteiger charge is 2.03. The molecule has 2 amide bonds. The maximum atomic E-state index is 11.2. The Balaban J connectivity index is 2.54. The van der Waals surface area contributed by atoms with Crippen molar-refractivity contribution in [2.45, 2.75) is 0 Å². The van der Waals surface area contributed by atoms with Crippen molar-refractivity contribution in [3.63, 3.8) is 0 Å². The number of amides is 2. The van der Waals surface area contributed by atoms with E-state index in [0.717, 1.165) is 0 Å². The van der Waals surface area contributed by atoms with Gasteiger partial charge in [-0.3, -0.25) is 9.59 Å². The van der Waals surface area contributed by atoms with Crippen LogP contribution in [0.1, 0.15) is 10.4 Å². The van der Waals surface area contributed by atoms with Gasteiger partial charge in [0.1, 0.15) is 0 Å². The van der Waals surface area contributed by atoms with Crippen molar-refractivity contribution >= 4 is 11.8 Å². The standard InChI is InChI=1S/C9H10N2O2/c10-8(12)6-11-9(13)7-4-2-1-3-5-7/h1-5H,6H2,(H2,10,12)(H,11,13). The highest BCUT2D eigenvalue weighted by Crippen LogP contribution is 1.96. The fraction of sp³-hybridized carbons (Fsp3) is 0.111. The molecule has 0 spiro atoms. The Hall–Kier alpha value is -1.84. The van der Waals surface area contributed by atoms with Crippen molar-refractivity contribution in [2.75, 3.05) is 6.54 Å². The third-order valence-electron chi connectivity index (χ3n) is 1.46. The second-order valence-electron chi connectivity index (χ2n) is 2.52. The van der Waals surface area contributed by atoms with E-state index in [4.69, 9.17) is 5.73 Å². The Bertz CT molecular complexity index is 309. The number of benzene rings is 1. The lowest BCUT2D eigenvalue weighted by Gasteiger charge is -2.01. The van der Waals surface area contributed by atoms with Crippen LogP contribution >= 0.6 is 0 Å². The molecule has 0 aliphatic rings. The van der Waals surface area contributed by atoms with Gasteiger partial charge in [-0.1, -0.05) is 18.2 Å². The van der Waals surface area contributed by atoms with Crippen LogP contribution in [0.2, 0.25) is 0 Å². The second-order valence-corrected chi connectivity index (χ2v) is 2.52. The molecule has 3 N–H and O–H groups in total. The van der Waals surface area contributed by atoms with Crippen LogP contribution in [0.15, 0.2) is 30.3 Å². The number of hydrogen-bond acceptors (Lipinski definition) is 2. The minimum absolute atomic E-state index is 0.131. The van der Waals surface area contributed by atoms with E-state index in [-0.39, 0.29) is 12.5 Å². The average Bonchev–Trinajstić information content (AvgIpc) is 2.15. The Morgan fingerprint density at radius 1 is 1.23 bits per heavy atom. The lowest BCUT2D eigenvalue weighted by atomic mass is 10.2. The molecule has 1 aromatic rings. The minimum Gasteiger partial charge on any atom is -0.368 e. The maximum absolute atomic E-state index is 11.2. The summed E-state index contributed by atoms with van der Waals surface area (Å²) in [7, 11) is 0. The zero-order valence-corrected chi connectivity index (χ0v) is 6.99. The first-order valence-electron chi connectivity index (χ1n) is 3.81. The van der Waals surface area contributed by atoms with Gasteiger partial charge in [0, 0.05) is 5.56 Å². The zero-order chi connectivity index (χ0) is 9.68. The van der Waals surface area contributed by atoms with Crippen LogP contribution < -0.4 is 11.1 Å². The molecule has 0 aliphatic carbocycles. The van der Waals surface area contributed by atoms with Crippen molar-refractivity contribution in [3.8, 4) is 0 Å². The Kier molecular flexibility index (Phi) is 3.03. The molecule has 0 saturated carbocycles. The minimum atomic E-state index is -0.552. The topological polar surface area (TPSA) is 72.2 Å². The molecule has 0 atom stereocenters. The van der Waals surface area contributed by atoms with Gasteiger partial charge in [0.05, 0.1) is 6.54 Å². The summed E-state index contributed by atoms with van der Waals surface area (Å²) in [5.41, 5.74) is 5.38. The Labute approximate surface area is 75.7 Å². The van der Waals surface area contributed by atoms with E-state index in [2.05, 4.69) is 5.32 Å². The van der Waals surface area contributed by atoms with Gasteiger partial charge in [-0.25, -0.2) is 0 Å². The number of nitrogens with two attached hydrogens (primary N) is 1. The van der Waals surface area contributed by atoms with E-state index in [9.17, 15) is 9.59 Å². The van der Waals surface area contributed by atoms with E-state index in [1.807, 2.05) is 6.07 Å². The quantitative estimate of drug-likeness (QED) is 0.678. The summed E-state index contributed by atoms with van der Waals surface area (Å²) < 4.78 is 0. The van der Waals surface area contributed by atoms with Gasteiger partial charge >= 0.3 is 0 Å². The fourth-order valence-corrected chi connectivity index (χ4v) is 0.859. The summed E-state index contributed by atoms with van der Waals surface area (Å²) in [6, 6.07) is 8.63. The SMILES string of the molecule is NC(=O)CNC(=O)c1ccccc1. The molecule has 0 fully saturated rings. The Morgan fingerprint density at radius 3 is 2.38 bits per heavy atom. The van der Waals surface area contributed by atoms with Gasteiger partial charge in [-0.05, 0) is 12.1 Å². The van der Waals surface area contributed by atoms with Crippen LogP contribution in [0.5, 0.6) is 0 Å². The number of primary amides is 1. The van der Waals surface area contributed by atoms with Crippen LogP contribution in [-0.2, 0) is 4.79 Å². The highest BCUT2D eigenvalue weighted by molar-refractivity contribution is 5.96. The van der Waals surface area contributed by atoms with Crippen LogP contribution in [0, 0.1) is 0 Å². The predicted molar refractivity (Wildman–Crippen MR) is 48.0 cm³/mol. The molecule has 0 heterocycles. The smallest absolute Gasteiger partial charge is 0.251 e. The summed E-state index contributed by atoms with van der Waals surface area (Å²) in [5, 5.41) is 2.38. The molecule has 4 heteroatoms. The zero-order valence-electron chi connectivity index (χ0n) is 6.99. The van der Waals surface area contributed by atoms with Gasteiger partial charge in [-0.2, -0.15) is 0 Å². The lowest BCUT2D eigenvalue weighted by Crippen LogP contribution is -2.33. The molecular formula is C9H10N2O2. The third-order valence-corrected chi connectivity index (χ3v) is 1.46. The molecule has 0 aromatic heterocycles. The van der Waals surface area contributed by atoms with Gasteiger partial charge in [-0.15, -0.1) is 0 Å². The van der Waals surface area contributed by atoms with Crippen LogP contribution in [-0.4, -0.2) is 18.4 Å². The normalized spacial score (nSPS) is 9.23. The summed E-state index contributed by atoms with van der Waals surface area (Å²) in [6.07, 6.45) is 0. The maximum Gasteiger partial charge on any atom is 0.251 e. The largest absolute Gasteiger partial charge is 0.368 e. The van der Waals surface area contributed by atoms with Crippen molar-refractivity contribution in [2.24, 2.45) is 5.73 Å². The van der Waals surface area contributed by atoms with E-state index >= 15 is 0 Å². The first-order chi connectivity index (χ1) is 6.20. The van der Waals surface area contributed by atoms with Crippen LogP contribution in [0.4, 0.5) is 0 Å². The van der Waals surface area contributed by atoms with Gasteiger partial charge in [0.15, 0.2) is 0 Å². The lowest BCUT2D eigenvalue weighted by molar-refractivity contribution is -0.117. The molecular weight excluding hydrogens is 168 g/mol. The molecule has 0 radical (unpaired) electrons. The van der Waals surface area contributed by atoms with Crippen molar-refractivity contribution < 1.29 is 9.59 Å². The van der Waals surface area contributed by atoms with Crippen molar-refractivity contribution in [1.82, 2.24) is 5.32 Å². The summed E-state index contributed by atoms with van der Waals surface area (Å²) in [6.45, 7) is -0.131. The molecule has 0 saturated heterocycles. The van der Waals surface area contributed by atoms with Crippen LogP contribution in [0.25, 0.3) is 0 Å². The second kappa shape index (κ2) is 4.25. The molecule has 4 nitrogen and oxygen atoms in total. The molecule has 68 valence electrons. The molecule has 0 unspecified atom stereocenters. The van der Waals surface area contributed by atoms with E-state index in [1.54, 1.807) is 24.3 Å². The van der Waals surface area contributed by atoms with E-state index in [1.165, 1.54) is 0 Å². The van der Waals surface area contributed by atoms with Crippen molar-refractivity contribution in [3.05, 3.63) is 35.9 Å². The van der Waals surface area contributed by atoms with E-state index in [0.29, 0.717) is 5.56 Å². The Morgan fingerprint density at radius 2 is 1.85 bits per heavy atom. The molecule has 0 bridgehead atoms. The predicted octanol–water partition coefficient (Wildman–Crippen LogP) is -0.0983. The van der Waals surface area contributed by atoms with Crippen LogP contribution in [0.3, 0.4) is 0 Å². The third kappa shape index (κ3) is 2.94. The number of carbonyl (C=O) groups is 2. The average molecular weight is 178 g/mol. The number of hydrogen-bond donors (Lipinski definition) is 2. The fourth-order valence-electron chi connectivity index (χ4n) is 0.859. The number of carbonyl (C=O) groups excluding carboxylic acids is 2. The summed E-state index contributed by atoms with van der Waals surface area (Å²) in [5.74, 6) is -0.844. The monoisotopic (exact) mass is 178 g/mol. The first kappa shape index (κ1) is 9.25. The number of nitrogens with one attached hydrogen (secondary N) is 1. The van der Waals surface area contributed by atoms with Gasteiger partial charge < -0.3 is 11.1 Å². The summed E-state index contributed by atoms with van der Waals surface area (Å²) >= 11 is 0. The molecule has 13 heavy (non-hydrogen) atoms. The van der Waals surface area contributed by atoms with E-state index < -0.39 is 5.91 Å². The molecule has 1 aromatic carbocycles. The number of rotatable bonds is 3. The highest BCUT2D eigenvalue weighted by atomic mass is 16.2. The molecule has 0 aliphatic heterocycles. The molecule has 1 rings (SSSR count).